The fraction of sp³-hybridized carbons (Fsp3) is 0.261. The van der Waals surface area contributed by atoms with Gasteiger partial charge in [-0.25, -0.2) is 13.1 Å². The monoisotopic (exact) mass is 481 g/mol. The summed E-state index contributed by atoms with van der Waals surface area (Å²) in [6.45, 7) is 4.01. The first-order valence-corrected chi connectivity index (χ1v) is 12.2. The molecule has 0 unspecified atom stereocenters. The van der Waals surface area contributed by atoms with Crippen molar-refractivity contribution < 1.29 is 22.2 Å². The third-order valence-corrected chi connectivity index (χ3v) is 7.94. The van der Waals surface area contributed by atoms with E-state index < -0.39 is 10.0 Å². The van der Waals surface area contributed by atoms with Crippen molar-refractivity contribution in [1.82, 2.24) is 24.1 Å². The molecule has 0 saturated carbocycles. The van der Waals surface area contributed by atoms with Crippen LogP contribution in [0.2, 0.25) is 0 Å². The van der Waals surface area contributed by atoms with Crippen LogP contribution in [0.15, 0.2) is 68.6 Å². The van der Waals surface area contributed by atoms with Crippen molar-refractivity contribution in [1.29, 1.82) is 0 Å². The number of aromatic nitrogens is 3. The first-order chi connectivity index (χ1) is 16.4. The fourth-order valence-electron chi connectivity index (χ4n) is 4.11. The van der Waals surface area contributed by atoms with Crippen LogP contribution in [-0.4, -0.2) is 64.6 Å². The van der Waals surface area contributed by atoms with Gasteiger partial charge in [-0.05, 0) is 38.1 Å². The minimum absolute atomic E-state index is 0.0949. The van der Waals surface area contributed by atoms with Gasteiger partial charge in [0.1, 0.15) is 22.0 Å². The quantitative estimate of drug-likeness (QED) is 0.430. The lowest BCUT2D eigenvalue weighted by Crippen LogP contribution is -2.50. The molecule has 1 amide bonds. The highest BCUT2D eigenvalue weighted by Crippen LogP contribution is 2.26. The molecule has 0 atom stereocenters. The number of carbonyl (C=O) groups excluding carboxylic acids is 1. The normalized spacial score (nSPS) is 15.1. The molecule has 3 aromatic heterocycles. The Kier molecular flexibility index (Phi) is 5.58. The lowest BCUT2D eigenvalue weighted by molar-refractivity contribution is 0.0688. The molecule has 1 aliphatic rings. The van der Waals surface area contributed by atoms with Gasteiger partial charge in [0.2, 0.25) is 10.0 Å². The number of carbonyl (C=O) groups is 1. The van der Waals surface area contributed by atoms with E-state index in [1.54, 1.807) is 47.9 Å². The number of hydrogen-bond acceptors (Lipinski definition) is 7. The molecule has 0 bridgehead atoms. The van der Waals surface area contributed by atoms with Gasteiger partial charge in [0.15, 0.2) is 11.5 Å². The number of furan rings is 1. The molecule has 1 saturated heterocycles. The summed E-state index contributed by atoms with van der Waals surface area (Å²) in [6, 6.07) is 14.6. The average molecular weight is 482 g/mol. The summed E-state index contributed by atoms with van der Waals surface area (Å²) >= 11 is 0. The van der Waals surface area contributed by atoms with Gasteiger partial charge >= 0.3 is 0 Å². The van der Waals surface area contributed by atoms with Crippen LogP contribution in [0.3, 0.4) is 0 Å². The molecule has 1 aromatic carbocycles. The van der Waals surface area contributed by atoms with E-state index in [1.165, 1.54) is 4.31 Å². The number of rotatable bonds is 5. The summed E-state index contributed by atoms with van der Waals surface area (Å²) in [5.41, 5.74) is 1.98. The topological polar surface area (TPSA) is 115 Å². The molecule has 176 valence electrons. The summed E-state index contributed by atoms with van der Waals surface area (Å²) in [4.78, 5) is 15.2. The predicted molar refractivity (Wildman–Crippen MR) is 122 cm³/mol. The molecule has 4 aromatic rings. The number of sulfonamides is 1. The SMILES string of the molecule is Cc1noc(C)c1S(=O)(=O)N1CCN(C(=O)c2cc(-c3ccco3)nn2-c2ccccc2)CC1. The number of amides is 1. The lowest BCUT2D eigenvalue weighted by atomic mass is 10.2. The Morgan fingerprint density at radius 3 is 2.35 bits per heavy atom. The molecule has 1 aliphatic heterocycles. The number of para-hydroxylation sites is 1. The maximum absolute atomic E-state index is 13.5. The lowest BCUT2D eigenvalue weighted by Gasteiger charge is -2.33. The van der Waals surface area contributed by atoms with Crippen LogP contribution in [0.4, 0.5) is 0 Å². The molecule has 0 radical (unpaired) electrons. The van der Waals surface area contributed by atoms with Gasteiger partial charge in [0.05, 0.1) is 12.0 Å². The third-order valence-electron chi connectivity index (χ3n) is 5.79. The second-order valence-electron chi connectivity index (χ2n) is 7.99. The Hall–Kier alpha value is -3.70. The second kappa shape index (κ2) is 8.58. The number of hydrogen-bond donors (Lipinski definition) is 0. The maximum Gasteiger partial charge on any atom is 0.272 e. The molecule has 0 N–H and O–H groups in total. The minimum Gasteiger partial charge on any atom is -0.463 e. The Bertz CT molecular complexity index is 1400. The van der Waals surface area contributed by atoms with Gasteiger partial charge in [-0.2, -0.15) is 9.40 Å². The van der Waals surface area contributed by atoms with Crippen molar-refractivity contribution in [2.45, 2.75) is 18.7 Å². The predicted octanol–water partition coefficient (Wildman–Crippen LogP) is 2.88. The molecule has 34 heavy (non-hydrogen) atoms. The molecular weight excluding hydrogens is 458 g/mol. The highest BCUT2D eigenvalue weighted by molar-refractivity contribution is 7.89. The fourth-order valence-corrected chi connectivity index (χ4v) is 5.82. The molecule has 0 spiro atoms. The molecule has 5 rings (SSSR count). The zero-order valence-electron chi connectivity index (χ0n) is 18.7. The second-order valence-corrected chi connectivity index (χ2v) is 9.86. The largest absolute Gasteiger partial charge is 0.463 e. The van der Waals surface area contributed by atoms with Gasteiger partial charge in [-0.3, -0.25) is 4.79 Å². The smallest absolute Gasteiger partial charge is 0.272 e. The highest BCUT2D eigenvalue weighted by atomic mass is 32.2. The first-order valence-electron chi connectivity index (χ1n) is 10.8. The summed E-state index contributed by atoms with van der Waals surface area (Å²) in [5.74, 6) is 0.580. The zero-order chi connectivity index (χ0) is 23.9. The number of nitrogens with zero attached hydrogens (tertiary/aromatic N) is 5. The van der Waals surface area contributed by atoms with Crippen molar-refractivity contribution in [3.8, 4) is 17.1 Å². The van der Waals surface area contributed by atoms with E-state index in [-0.39, 0.29) is 42.7 Å². The molecule has 11 heteroatoms. The van der Waals surface area contributed by atoms with E-state index in [0.29, 0.717) is 22.8 Å². The minimum atomic E-state index is -3.76. The Morgan fingerprint density at radius 1 is 1.00 bits per heavy atom. The van der Waals surface area contributed by atoms with Crippen molar-refractivity contribution in [2.75, 3.05) is 26.2 Å². The molecule has 0 aliphatic carbocycles. The van der Waals surface area contributed by atoms with Crippen LogP contribution in [0.25, 0.3) is 17.1 Å². The van der Waals surface area contributed by atoms with E-state index in [2.05, 4.69) is 10.3 Å². The van der Waals surface area contributed by atoms with Crippen LogP contribution < -0.4 is 0 Å². The van der Waals surface area contributed by atoms with E-state index in [4.69, 9.17) is 8.94 Å². The Balaban J connectivity index is 1.40. The summed E-state index contributed by atoms with van der Waals surface area (Å²) < 4.78 is 39.7. The average Bonchev–Trinajstić information content (AvgIpc) is 3.59. The zero-order valence-corrected chi connectivity index (χ0v) is 19.5. The standard InChI is InChI=1S/C23H23N5O5S/c1-16-22(17(2)33-25-16)34(30,31)27-12-10-26(11-13-27)23(29)20-15-19(21-9-6-14-32-21)24-28(20)18-7-4-3-5-8-18/h3-9,14-15H,10-13H2,1-2H3. The number of piperazine rings is 1. The van der Waals surface area contributed by atoms with Crippen molar-refractivity contribution in [3.05, 3.63) is 71.9 Å². The van der Waals surface area contributed by atoms with Gasteiger partial charge in [0, 0.05) is 32.2 Å². The summed E-state index contributed by atoms with van der Waals surface area (Å²) in [5, 5.41) is 8.36. The van der Waals surface area contributed by atoms with Crippen LogP contribution in [-0.2, 0) is 10.0 Å². The van der Waals surface area contributed by atoms with Crippen LogP contribution in [0.5, 0.6) is 0 Å². The third kappa shape index (κ3) is 3.82. The van der Waals surface area contributed by atoms with Crippen molar-refractivity contribution in [3.63, 3.8) is 0 Å². The molecule has 10 nitrogen and oxygen atoms in total. The number of benzene rings is 1. The van der Waals surface area contributed by atoms with Gasteiger partial charge in [-0.1, -0.05) is 23.4 Å². The van der Waals surface area contributed by atoms with Gasteiger partial charge in [0.25, 0.3) is 5.91 Å². The van der Waals surface area contributed by atoms with Crippen LogP contribution in [0, 0.1) is 13.8 Å². The van der Waals surface area contributed by atoms with Crippen LogP contribution in [0.1, 0.15) is 21.9 Å². The molecule has 1 fully saturated rings. The van der Waals surface area contributed by atoms with Crippen molar-refractivity contribution in [2.24, 2.45) is 0 Å². The van der Waals surface area contributed by atoms with Crippen molar-refractivity contribution >= 4 is 15.9 Å². The van der Waals surface area contributed by atoms with E-state index in [9.17, 15) is 13.2 Å². The van der Waals surface area contributed by atoms with Gasteiger partial charge in [-0.15, -0.1) is 0 Å². The Labute approximate surface area is 196 Å². The van der Waals surface area contributed by atoms with Crippen LogP contribution >= 0.6 is 0 Å². The summed E-state index contributed by atoms with van der Waals surface area (Å²) in [7, 11) is -3.76. The van der Waals surface area contributed by atoms with Gasteiger partial charge < -0.3 is 13.8 Å². The van der Waals surface area contributed by atoms with E-state index in [0.717, 1.165) is 5.69 Å². The molecular formula is C23H23N5O5S. The van der Waals surface area contributed by atoms with E-state index in [1.807, 2.05) is 30.3 Å². The number of aryl methyl sites for hydroxylation is 2. The molecule has 4 heterocycles. The maximum atomic E-state index is 13.5. The highest BCUT2D eigenvalue weighted by Gasteiger charge is 2.35. The Morgan fingerprint density at radius 2 is 1.74 bits per heavy atom. The van der Waals surface area contributed by atoms with E-state index >= 15 is 0 Å². The summed E-state index contributed by atoms with van der Waals surface area (Å²) in [6.07, 6.45) is 1.55. The first kappa shape index (κ1) is 22.1.